The molecule has 0 aliphatic carbocycles. The van der Waals surface area contributed by atoms with Crippen molar-refractivity contribution in [1.82, 2.24) is 19.6 Å². The summed E-state index contributed by atoms with van der Waals surface area (Å²) in [7, 11) is 0. The summed E-state index contributed by atoms with van der Waals surface area (Å²) < 4.78 is 13.5. The molecule has 1 aromatic carbocycles. The fraction of sp³-hybridized carbons (Fsp3) is 0.462. The average molecular weight is 483 g/mol. The van der Waals surface area contributed by atoms with Crippen LogP contribution in [-0.4, -0.2) is 49.8 Å². The molecule has 188 valence electrons. The second-order valence-electron chi connectivity index (χ2n) is 9.55. The quantitative estimate of drug-likeness (QED) is 0.495. The van der Waals surface area contributed by atoms with E-state index in [-0.39, 0.29) is 35.8 Å². The predicted molar refractivity (Wildman–Crippen MR) is 131 cm³/mol. The van der Waals surface area contributed by atoms with E-state index in [1.165, 1.54) is 0 Å². The number of aromatic hydroxyl groups is 1. The zero-order valence-electron chi connectivity index (χ0n) is 21.7. The highest BCUT2D eigenvalue weighted by Gasteiger charge is 2.31. The number of phenolic OH excluding ortho intramolecular Hbond substituents is 1. The van der Waals surface area contributed by atoms with Gasteiger partial charge in [-0.1, -0.05) is 32.4 Å². The summed E-state index contributed by atoms with van der Waals surface area (Å²) in [6.07, 6.45) is -0.776. The van der Waals surface area contributed by atoms with Crippen molar-refractivity contribution in [3.05, 3.63) is 63.7 Å². The van der Waals surface area contributed by atoms with E-state index in [1.807, 2.05) is 53.7 Å². The van der Waals surface area contributed by atoms with Crippen molar-refractivity contribution in [2.24, 2.45) is 0 Å². The number of carbonyl (C=O) groups excluding carboxylic acids is 2. The molecule has 0 aliphatic rings. The molecule has 0 amide bonds. The number of carbonyl (C=O) groups is 2. The van der Waals surface area contributed by atoms with Crippen molar-refractivity contribution in [1.29, 1.82) is 0 Å². The largest absolute Gasteiger partial charge is 0.507 e. The molecular formula is C26H34N4O5. The molecule has 0 atom stereocenters. The zero-order valence-corrected chi connectivity index (χ0v) is 21.7. The highest BCUT2D eigenvalue weighted by Crippen LogP contribution is 2.39. The minimum absolute atomic E-state index is 0.105. The summed E-state index contributed by atoms with van der Waals surface area (Å²) in [6.45, 7) is 15.6. The molecule has 0 fully saturated rings. The van der Waals surface area contributed by atoms with Crippen molar-refractivity contribution >= 4 is 11.9 Å². The third kappa shape index (κ3) is 5.23. The molecule has 0 saturated carbocycles. The second-order valence-corrected chi connectivity index (χ2v) is 9.55. The molecule has 0 radical (unpaired) electrons. The fourth-order valence-corrected chi connectivity index (χ4v) is 4.02. The summed E-state index contributed by atoms with van der Waals surface area (Å²) in [4.78, 5) is 24.8. The average Bonchev–Trinajstić information content (AvgIpc) is 3.34. The molecule has 1 N–H and O–H groups in total. The van der Waals surface area contributed by atoms with Gasteiger partial charge in [-0.25, -0.2) is 19.0 Å². The number of hydrogen-bond donors (Lipinski definition) is 1. The Labute approximate surface area is 205 Å². The van der Waals surface area contributed by atoms with Crippen molar-refractivity contribution in [3.8, 4) is 5.75 Å². The lowest BCUT2D eigenvalue weighted by Gasteiger charge is -2.27. The van der Waals surface area contributed by atoms with Gasteiger partial charge in [0.05, 0.1) is 13.2 Å². The van der Waals surface area contributed by atoms with Gasteiger partial charge in [0.15, 0.2) is 17.6 Å². The van der Waals surface area contributed by atoms with E-state index < -0.39 is 18.1 Å². The molecule has 0 unspecified atom stereocenters. The van der Waals surface area contributed by atoms with Gasteiger partial charge in [-0.2, -0.15) is 10.2 Å². The first kappa shape index (κ1) is 26.0. The van der Waals surface area contributed by atoms with Crippen LogP contribution in [0, 0.1) is 20.8 Å². The number of phenols is 1. The highest BCUT2D eigenvalue weighted by atomic mass is 16.5. The van der Waals surface area contributed by atoms with Crippen molar-refractivity contribution < 1.29 is 24.2 Å². The number of esters is 2. The van der Waals surface area contributed by atoms with Crippen LogP contribution in [0.2, 0.25) is 0 Å². The molecule has 0 aliphatic heterocycles. The van der Waals surface area contributed by atoms with Gasteiger partial charge in [0.2, 0.25) is 0 Å². The molecule has 0 spiro atoms. The van der Waals surface area contributed by atoms with Crippen LogP contribution in [0.15, 0.2) is 24.3 Å². The Morgan fingerprint density at radius 3 is 1.74 bits per heavy atom. The molecule has 2 aromatic heterocycles. The number of aryl methyl sites for hydroxylation is 3. The Morgan fingerprint density at radius 1 is 0.886 bits per heavy atom. The summed E-state index contributed by atoms with van der Waals surface area (Å²) in [5, 5.41) is 20.5. The van der Waals surface area contributed by atoms with Crippen LogP contribution in [0.25, 0.3) is 0 Å². The van der Waals surface area contributed by atoms with Crippen LogP contribution < -0.4 is 0 Å². The van der Waals surface area contributed by atoms with Crippen molar-refractivity contribution in [3.63, 3.8) is 0 Å². The van der Waals surface area contributed by atoms with Crippen molar-refractivity contribution in [2.75, 3.05) is 13.2 Å². The third-order valence-electron chi connectivity index (χ3n) is 5.65. The smallest absolute Gasteiger partial charge is 0.358 e. The molecule has 3 aromatic rings. The summed E-state index contributed by atoms with van der Waals surface area (Å²) in [5.41, 5.74) is 3.52. The van der Waals surface area contributed by atoms with Crippen molar-refractivity contribution in [2.45, 2.75) is 67.0 Å². The summed E-state index contributed by atoms with van der Waals surface area (Å²) in [6, 6.07) is 7.09. The minimum atomic E-state index is -0.776. The van der Waals surface area contributed by atoms with Crippen LogP contribution in [0.1, 0.15) is 89.8 Å². The first-order valence-corrected chi connectivity index (χ1v) is 11.7. The van der Waals surface area contributed by atoms with Gasteiger partial charge in [-0.3, -0.25) is 0 Å². The molecule has 3 rings (SSSR count). The molecule has 0 bridgehead atoms. The van der Waals surface area contributed by atoms with Crippen LogP contribution >= 0.6 is 0 Å². The molecule has 0 saturated heterocycles. The van der Waals surface area contributed by atoms with Gasteiger partial charge < -0.3 is 14.6 Å². The number of ether oxygens (including phenoxy) is 2. The zero-order chi connectivity index (χ0) is 26.1. The number of hydrogen-bond acceptors (Lipinski definition) is 7. The van der Waals surface area contributed by atoms with E-state index in [0.29, 0.717) is 17.0 Å². The maximum Gasteiger partial charge on any atom is 0.358 e. The van der Waals surface area contributed by atoms with Gasteiger partial charge in [0.25, 0.3) is 0 Å². The first-order chi connectivity index (χ1) is 16.4. The highest BCUT2D eigenvalue weighted by molar-refractivity contribution is 5.87. The van der Waals surface area contributed by atoms with Gasteiger partial charge in [0, 0.05) is 17.0 Å². The van der Waals surface area contributed by atoms with E-state index >= 15 is 0 Å². The Morgan fingerprint density at radius 2 is 1.34 bits per heavy atom. The number of aromatic nitrogens is 4. The molecule has 2 heterocycles. The Balaban J connectivity index is 2.31. The SMILES string of the molecule is CCOC(=O)c1cc(C)n(C(c2cc(C)cc(C(C)(C)C)c2O)n2nc(C(=O)OCC)cc2C)n1. The normalized spacial score (nSPS) is 11.7. The summed E-state index contributed by atoms with van der Waals surface area (Å²) >= 11 is 0. The van der Waals surface area contributed by atoms with E-state index in [9.17, 15) is 14.7 Å². The number of nitrogens with zero attached hydrogens (tertiary/aromatic N) is 4. The monoisotopic (exact) mass is 482 g/mol. The summed E-state index contributed by atoms with van der Waals surface area (Å²) in [5.74, 6) is -0.976. The Hall–Kier alpha value is -3.62. The lowest BCUT2D eigenvalue weighted by atomic mass is 9.83. The van der Waals surface area contributed by atoms with E-state index in [0.717, 1.165) is 11.1 Å². The van der Waals surface area contributed by atoms with E-state index in [4.69, 9.17) is 9.47 Å². The Bertz CT molecular complexity index is 1190. The maximum atomic E-state index is 12.4. The molecule has 9 nitrogen and oxygen atoms in total. The lowest BCUT2D eigenvalue weighted by Crippen LogP contribution is -2.26. The van der Waals surface area contributed by atoms with Crippen LogP contribution in [0.3, 0.4) is 0 Å². The van der Waals surface area contributed by atoms with Gasteiger partial charge in [-0.05, 0) is 63.8 Å². The van der Waals surface area contributed by atoms with E-state index in [1.54, 1.807) is 35.3 Å². The predicted octanol–water partition coefficient (Wildman–Crippen LogP) is 4.46. The number of benzene rings is 1. The molecule has 9 heteroatoms. The van der Waals surface area contributed by atoms with Gasteiger partial charge >= 0.3 is 11.9 Å². The van der Waals surface area contributed by atoms with Crippen LogP contribution in [0.5, 0.6) is 5.75 Å². The second kappa shape index (κ2) is 9.93. The van der Waals surface area contributed by atoms with Crippen LogP contribution in [0.4, 0.5) is 0 Å². The fourth-order valence-electron chi connectivity index (χ4n) is 4.02. The standard InChI is InChI=1S/C26H34N4O5/c1-9-34-24(32)20-13-16(4)29(27-20)23(30-17(5)14-21(28-30)25(33)35-10-2)18-11-15(3)12-19(22(18)31)26(6,7)8/h11-14,23,31H,9-10H2,1-8H3. The van der Waals surface area contributed by atoms with Gasteiger partial charge in [-0.15, -0.1) is 0 Å². The lowest BCUT2D eigenvalue weighted by molar-refractivity contribution is 0.0510. The van der Waals surface area contributed by atoms with Crippen LogP contribution in [-0.2, 0) is 14.9 Å². The molecular weight excluding hydrogens is 448 g/mol. The third-order valence-corrected chi connectivity index (χ3v) is 5.65. The minimum Gasteiger partial charge on any atom is -0.507 e. The number of rotatable bonds is 7. The van der Waals surface area contributed by atoms with E-state index in [2.05, 4.69) is 10.2 Å². The Kier molecular flexibility index (Phi) is 7.38. The molecule has 35 heavy (non-hydrogen) atoms. The maximum absolute atomic E-state index is 12.4. The first-order valence-electron chi connectivity index (χ1n) is 11.7. The van der Waals surface area contributed by atoms with Gasteiger partial charge in [0.1, 0.15) is 5.75 Å². The topological polar surface area (TPSA) is 108 Å².